The highest BCUT2D eigenvalue weighted by atomic mass is 19.1. The molecule has 2 aromatic carbocycles. The van der Waals surface area contributed by atoms with Crippen LogP contribution in [0.5, 0.6) is 11.5 Å². The van der Waals surface area contributed by atoms with Gasteiger partial charge >= 0.3 is 0 Å². The molecule has 0 radical (unpaired) electrons. The van der Waals surface area contributed by atoms with Crippen LogP contribution in [0.4, 0.5) is 4.39 Å². The number of halogens is 1. The monoisotopic (exact) mass is 456 g/mol. The molecule has 178 valence electrons. The first kappa shape index (κ1) is 24.6. The van der Waals surface area contributed by atoms with Crippen molar-refractivity contribution in [2.45, 2.75) is 64.1 Å². The van der Waals surface area contributed by atoms with Crippen molar-refractivity contribution in [3.05, 3.63) is 59.9 Å². The molecule has 0 saturated heterocycles. The van der Waals surface area contributed by atoms with Gasteiger partial charge in [0.25, 0.3) is 5.91 Å². The Morgan fingerprint density at radius 3 is 2.48 bits per heavy atom. The minimum Gasteiger partial charge on any atom is -0.497 e. The standard InChI is InChI=1S/C26H33FN2O4/c1-3-24(26(31)28-21-9-5-4-6-10-21)29(17-19-8-7-11-23(16-19)32-2)25(30)18-33-22-14-12-20(27)13-15-22/h7-8,11-16,21,24H,3-6,9-10,17-18H2,1-2H3,(H,28,31). The van der Waals surface area contributed by atoms with E-state index >= 15 is 0 Å². The number of methoxy groups -OCH3 is 1. The number of hydrogen-bond donors (Lipinski definition) is 1. The molecule has 0 heterocycles. The first-order chi connectivity index (χ1) is 16.0. The van der Waals surface area contributed by atoms with E-state index in [9.17, 15) is 14.0 Å². The van der Waals surface area contributed by atoms with Crippen molar-refractivity contribution in [3.8, 4) is 11.5 Å². The summed E-state index contributed by atoms with van der Waals surface area (Å²) in [5, 5.41) is 3.15. The first-order valence-electron chi connectivity index (χ1n) is 11.6. The summed E-state index contributed by atoms with van der Waals surface area (Å²) in [6.07, 6.45) is 5.84. The van der Waals surface area contributed by atoms with E-state index in [0.29, 0.717) is 17.9 Å². The molecule has 2 amide bonds. The normalized spacial score (nSPS) is 14.9. The number of hydrogen-bond acceptors (Lipinski definition) is 4. The van der Waals surface area contributed by atoms with E-state index in [1.54, 1.807) is 12.0 Å². The van der Waals surface area contributed by atoms with Gasteiger partial charge in [0, 0.05) is 12.6 Å². The van der Waals surface area contributed by atoms with E-state index in [4.69, 9.17) is 9.47 Å². The van der Waals surface area contributed by atoms with Crippen LogP contribution in [-0.4, -0.2) is 42.5 Å². The summed E-state index contributed by atoms with van der Waals surface area (Å²) in [4.78, 5) is 28.0. The molecule has 0 bridgehead atoms. The maximum absolute atomic E-state index is 13.3. The highest BCUT2D eigenvalue weighted by Gasteiger charge is 2.30. The summed E-state index contributed by atoms with van der Waals surface area (Å²) in [6, 6.07) is 12.5. The molecule has 0 aromatic heterocycles. The van der Waals surface area contributed by atoms with Gasteiger partial charge in [0.05, 0.1) is 7.11 Å². The Morgan fingerprint density at radius 1 is 1.09 bits per heavy atom. The molecule has 1 N–H and O–H groups in total. The number of ether oxygens (including phenoxy) is 2. The Morgan fingerprint density at radius 2 is 1.82 bits per heavy atom. The molecule has 7 heteroatoms. The Kier molecular flexibility index (Phi) is 9.10. The number of carbonyl (C=O) groups is 2. The molecule has 3 rings (SSSR count). The number of benzene rings is 2. The summed E-state index contributed by atoms with van der Waals surface area (Å²) in [7, 11) is 1.59. The predicted octanol–water partition coefficient (Wildman–Crippen LogP) is 4.47. The van der Waals surface area contributed by atoms with E-state index < -0.39 is 6.04 Å². The third-order valence-corrected chi connectivity index (χ3v) is 6.00. The zero-order valence-electron chi connectivity index (χ0n) is 19.4. The van der Waals surface area contributed by atoms with E-state index in [1.807, 2.05) is 31.2 Å². The highest BCUT2D eigenvalue weighted by molar-refractivity contribution is 5.88. The van der Waals surface area contributed by atoms with Crippen LogP contribution in [0.15, 0.2) is 48.5 Å². The molecule has 1 saturated carbocycles. The van der Waals surface area contributed by atoms with Crippen molar-refractivity contribution in [2.24, 2.45) is 0 Å². The lowest BCUT2D eigenvalue weighted by molar-refractivity contribution is -0.143. The van der Waals surface area contributed by atoms with Crippen LogP contribution in [0.25, 0.3) is 0 Å². The van der Waals surface area contributed by atoms with Gasteiger partial charge in [-0.1, -0.05) is 38.3 Å². The fourth-order valence-corrected chi connectivity index (χ4v) is 4.19. The van der Waals surface area contributed by atoms with Gasteiger partial charge in [-0.2, -0.15) is 0 Å². The van der Waals surface area contributed by atoms with Crippen molar-refractivity contribution in [3.63, 3.8) is 0 Å². The molecule has 1 aliphatic rings. The zero-order chi connectivity index (χ0) is 23.6. The molecule has 1 unspecified atom stereocenters. The topological polar surface area (TPSA) is 67.9 Å². The van der Waals surface area contributed by atoms with E-state index in [-0.39, 0.29) is 36.8 Å². The minimum absolute atomic E-state index is 0.137. The molecule has 33 heavy (non-hydrogen) atoms. The van der Waals surface area contributed by atoms with Crippen molar-refractivity contribution < 1.29 is 23.5 Å². The average Bonchev–Trinajstić information content (AvgIpc) is 2.84. The van der Waals surface area contributed by atoms with E-state index in [1.165, 1.54) is 30.7 Å². The number of amides is 2. The summed E-state index contributed by atoms with van der Waals surface area (Å²) in [5.74, 6) is 0.252. The van der Waals surface area contributed by atoms with Crippen LogP contribution in [0.2, 0.25) is 0 Å². The van der Waals surface area contributed by atoms with Gasteiger partial charge in [-0.25, -0.2) is 4.39 Å². The van der Waals surface area contributed by atoms with Gasteiger partial charge in [0.15, 0.2) is 6.61 Å². The third-order valence-electron chi connectivity index (χ3n) is 6.00. The lowest BCUT2D eigenvalue weighted by Gasteiger charge is -2.32. The Labute approximate surface area is 195 Å². The minimum atomic E-state index is -0.623. The quantitative estimate of drug-likeness (QED) is 0.573. The summed E-state index contributed by atoms with van der Waals surface area (Å²) in [6.45, 7) is 1.90. The lowest BCUT2D eigenvalue weighted by atomic mass is 9.95. The fraction of sp³-hybridized carbons (Fsp3) is 0.462. The van der Waals surface area contributed by atoms with Crippen LogP contribution in [0, 0.1) is 5.82 Å². The molecule has 6 nitrogen and oxygen atoms in total. The fourth-order valence-electron chi connectivity index (χ4n) is 4.19. The van der Waals surface area contributed by atoms with Crippen molar-refractivity contribution in [2.75, 3.05) is 13.7 Å². The second kappa shape index (κ2) is 12.2. The second-order valence-electron chi connectivity index (χ2n) is 8.38. The lowest BCUT2D eigenvalue weighted by Crippen LogP contribution is -2.52. The maximum atomic E-state index is 13.3. The number of rotatable bonds is 10. The third kappa shape index (κ3) is 7.20. The largest absolute Gasteiger partial charge is 0.497 e. The number of nitrogens with one attached hydrogen (secondary N) is 1. The molecule has 1 fully saturated rings. The summed E-state index contributed by atoms with van der Waals surface area (Å²) < 4.78 is 24.1. The summed E-state index contributed by atoms with van der Waals surface area (Å²) >= 11 is 0. The first-order valence-corrected chi connectivity index (χ1v) is 11.6. The Balaban J connectivity index is 1.76. The van der Waals surface area contributed by atoms with Gasteiger partial charge < -0.3 is 19.7 Å². The van der Waals surface area contributed by atoms with Gasteiger partial charge in [-0.15, -0.1) is 0 Å². The van der Waals surface area contributed by atoms with Gasteiger partial charge in [-0.3, -0.25) is 9.59 Å². The molecule has 2 aromatic rings. The average molecular weight is 457 g/mol. The molecule has 1 aliphatic carbocycles. The Bertz CT molecular complexity index is 913. The molecular weight excluding hydrogens is 423 g/mol. The van der Waals surface area contributed by atoms with Crippen LogP contribution >= 0.6 is 0 Å². The SMILES string of the molecule is CCC(C(=O)NC1CCCCC1)N(Cc1cccc(OC)c1)C(=O)COc1ccc(F)cc1. The molecule has 0 spiro atoms. The van der Waals surface area contributed by atoms with Gasteiger partial charge in [0.1, 0.15) is 23.4 Å². The van der Waals surface area contributed by atoms with Crippen LogP contribution in [-0.2, 0) is 16.1 Å². The van der Waals surface area contributed by atoms with Crippen molar-refractivity contribution in [1.82, 2.24) is 10.2 Å². The smallest absolute Gasteiger partial charge is 0.261 e. The van der Waals surface area contributed by atoms with Crippen molar-refractivity contribution >= 4 is 11.8 Å². The van der Waals surface area contributed by atoms with E-state index in [0.717, 1.165) is 31.2 Å². The highest BCUT2D eigenvalue weighted by Crippen LogP contribution is 2.20. The number of nitrogens with zero attached hydrogens (tertiary/aromatic N) is 1. The van der Waals surface area contributed by atoms with E-state index in [2.05, 4.69) is 5.32 Å². The Hall–Kier alpha value is -3.09. The van der Waals surface area contributed by atoms with Crippen molar-refractivity contribution in [1.29, 1.82) is 0 Å². The van der Waals surface area contributed by atoms with Crippen LogP contribution < -0.4 is 14.8 Å². The molecule has 0 aliphatic heterocycles. The summed E-state index contributed by atoms with van der Waals surface area (Å²) in [5.41, 5.74) is 0.855. The zero-order valence-corrected chi connectivity index (χ0v) is 19.4. The maximum Gasteiger partial charge on any atom is 0.261 e. The van der Waals surface area contributed by atoms with Crippen LogP contribution in [0.3, 0.4) is 0 Å². The molecule has 1 atom stereocenters. The van der Waals surface area contributed by atoms with Gasteiger partial charge in [-0.05, 0) is 61.2 Å². The van der Waals surface area contributed by atoms with Crippen LogP contribution in [0.1, 0.15) is 51.0 Å². The number of carbonyl (C=O) groups excluding carboxylic acids is 2. The molecular formula is C26H33FN2O4. The van der Waals surface area contributed by atoms with Gasteiger partial charge in [0.2, 0.25) is 5.91 Å². The predicted molar refractivity (Wildman–Crippen MR) is 125 cm³/mol. The second-order valence-corrected chi connectivity index (χ2v) is 8.38.